The smallest absolute Gasteiger partial charge is 0.402 e. The number of β-amino-alcohol motifs (C(OH)–C–C–N with tert-alkyl or cyclic N) is 1. The maximum Gasteiger partial charge on any atom is 0.402 e. The Kier molecular flexibility index (Phi) is 9.41. The van der Waals surface area contributed by atoms with Gasteiger partial charge < -0.3 is 20.7 Å². The molecule has 1 aromatic carbocycles. The number of imide groups is 2. The van der Waals surface area contributed by atoms with Gasteiger partial charge >= 0.3 is 12.1 Å². The minimum atomic E-state index is -1.48. The number of amides is 5. The molecule has 0 aromatic heterocycles. The van der Waals surface area contributed by atoms with E-state index < -0.39 is 35.5 Å². The lowest BCUT2D eigenvalue weighted by atomic mass is 9.74. The molecule has 1 saturated heterocycles. The van der Waals surface area contributed by atoms with Crippen molar-refractivity contribution in [3.63, 3.8) is 0 Å². The van der Waals surface area contributed by atoms with Crippen LogP contribution in [0.1, 0.15) is 32.8 Å². The van der Waals surface area contributed by atoms with Gasteiger partial charge in [-0.05, 0) is 17.9 Å². The predicted octanol–water partition coefficient (Wildman–Crippen LogP) is 1.07. The lowest BCUT2D eigenvalue weighted by molar-refractivity contribution is -0.146. The zero-order chi connectivity index (χ0) is 22.9. The van der Waals surface area contributed by atoms with E-state index in [0.717, 1.165) is 4.90 Å². The molecule has 0 spiro atoms. The number of primary amides is 1. The molecule has 30 heavy (non-hydrogen) atoms. The summed E-state index contributed by atoms with van der Waals surface area (Å²) in [5.41, 5.74) is 3.07. The zero-order valence-electron chi connectivity index (χ0n) is 17.3. The largest absolute Gasteiger partial charge is 0.465 e. The maximum absolute atomic E-state index is 13.1. The molecule has 10 heteroatoms. The number of nitrogens with two attached hydrogens (primary N) is 1. The topological polar surface area (TPSA) is 159 Å². The van der Waals surface area contributed by atoms with Crippen molar-refractivity contribution in [2.75, 3.05) is 19.8 Å². The number of nitrogens with zero attached hydrogens (tertiary/aromatic N) is 1. The van der Waals surface area contributed by atoms with E-state index in [-0.39, 0.29) is 19.6 Å². The van der Waals surface area contributed by atoms with Crippen LogP contribution in [-0.2, 0) is 19.7 Å². The Morgan fingerprint density at radius 1 is 1.20 bits per heavy atom. The van der Waals surface area contributed by atoms with Crippen LogP contribution in [0.25, 0.3) is 0 Å². The van der Waals surface area contributed by atoms with Crippen LogP contribution < -0.4 is 11.1 Å². The number of aliphatic hydroxyl groups excluding tert-OH is 1. The van der Waals surface area contributed by atoms with Gasteiger partial charge in [-0.25, -0.2) is 9.59 Å². The Balaban J connectivity index is 0.00000103. The first-order valence-corrected chi connectivity index (χ1v) is 9.53. The first kappa shape index (κ1) is 25.1. The number of ether oxygens (including phenoxy) is 1. The Hall–Kier alpha value is -2.98. The monoisotopic (exact) mass is 423 g/mol. The minimum Gasteiger partial charge on any atom is -0.465 e. The number of aliphatic hydroxyl groups is 1. The summed E-state index contributed by atoms with van der Waals surface area (Å²) in [6.07, 6.45) is -2.16. The molecule has 2 rings (SSSR count). The first-order valence-electron chi connectivity index (χ1n) is 9.53. The second-order valence-electron chi connectivity index (χ2n) is 7.22. The average Bonchev–Trinajstić information content (AvgIpc) is 2.66. The molecule has 1 fully saturated rings. The number of barbiturate groups is 1. The number of hydrogen-bond acceptors (Lipinski definition) is 6. The Labute approximate surface area is 175 Å². The van der Waals surface area contributed by atoms with Gasteiger partial charge in [-0.2, -0.15) is 0 Å². The van der Waals surface area contributed by atoms with Crippen molar-refractivity contribution < 1.29 is 34.1 Å². The summed E-state index contributed by atoms with van der Waals surface area (Å²) in [5, 5.41) is 19.6. The number of urea groups is 1. The highest BCUT2D eigenvalue weighted by Gasteiger charge is 2.54. The molecular weight excluding hydrogens is 394 g/mol. The van der Waals surface area contributed by atoms with E-state index in [9.17, 15) is 19.5 Å². The second kappa shape index (κ2) is 11.3. The maximum atomic E-state index is 13.1. The predicted molar refractivity (Wildman–Crippen MR) is 108 cm³/mol. The lowest BCUT2D eigenvalue weighted by Crippen LogP contribution is -2.66. The van der Waals surface area contributed by atoms with Gasteiger partial charge in [0.05, 0.1) is 19.3 Å². The summed E-state index contributed by atoms with van der Waals surface area (Å²) >= 11 is 0. The van der Waals surface area contributed by atoms with Crippen LogP contribution in [0, 0.1) is 5.92 Å². The third-order valence-corrected chi connectivity index (χ3v) is 4.42. The van der Waals surface area contributed by atoms with E-state index in [1.807, 2.05) is 13.8 Å². The molecule has 166 valence electrons. The average molecular weight is 423 g/mol. The van der Waals surface area contributed by atoms with E-state index >= 15 is 0 Å². The van der Waals surface area contributed by atoms with Crippen LogP contribution in [0.4, 0.5) is 9.59 Å². The van der Waals surface area contributed by atoms with Gasteiger partial charge in [0.15, 0.2) is 5.41 Å². The Morgan fingerprint density at radius 2 is 1.77 bits per heavy atom. The number of hydrogen-bond donors (Lipinski definition) is 4. The normalized spacial score (nSPS) is 19.8. The van der Waals surface area contributed by atoms with Crippen LogP contribution in [0.5, 0.6) is 0 Å². The fourth-order valence-corrected chi connectivity index (χ4v) is 3.05. The number of nitrogens with one attached hydrogen (secondary N) is 1. The van der Waals surface area contributed by atoms with E-state index in [2.05, 4.69) is 11.1 Å². The van der Waals surface area contributed by atoms with Crippen LogP contribution in [0.15, 0.2) is 30.3 Å². The van der Waals surface area contributed by atoms with Crippen molar-refractivity contribution in [1.82, 2.24) is 10.2 Å². The fourth-order valence-electron chi connectivity index (χ4n) is 3.05. The summed E-state index contributed by atoms with van der Waals surface area (Å²) in [7, 11) is 0. The molecule has 1 aromatic rings. The molecule has 5 N–H and O–H groups in total. The van der Waals surface area contributed by atoms with Crippen molar-refractivity contribution in [3.05, 3.63) is 35.9 Å². The molecule has 0 aliphatic carbocycles. The van der Waals surface area contributed by atoms with Crippen molar-refractivity contribution in [2.24, 2.45) is 11.7 Å². The van der Waals surface area contributed by atoms with E-state index in [1.165, 1.54) is 0 Å². The molecule has 0 saturated carbocycles. The van der Waals surface area contributed by atoms with Crippen molar-refractivity contribution >= 4 is 23.9 Å². The van der Waals surface area contributed by atoms with Gasteiger partial charge in [0.1, 0.15) is 0 Å². The summed E-state index contributed by atoms with van der Waals surface area (Å²) in [6.45, 7) is 5.93. The van der Waals surface area contributed by atoms with Gasteiger partial charge in [0, 0.05) is 6.61 Å². The summed E-state index contributed by atoms with van der Waals surface area (Å²) in [5.74, 6) is -0.948. The number of carboxylic acid groups (broad SMARTS) is 1. The second-order valence-corrected chi connectivity index (χ2v) is 7.22. The molecular formula is C20H29N3O7. The SMILES string of the molecule is CCC1(c2ccccc2)C(=O)NC(=O)N(CC(O)COCC(C)C)C1=O.NC(=O)O. The summed E-state index contributed by atoms with van der Waals surface area (Å²) in [4.78, 5) is 47.6. The van der Waals surface area contributed by atoms with Crippen LogP contribution in [0.3, 0.4) is 0 Å². The van der Waals surface area contributed by atoms with Crippen LogP contribution in [-0.4, -0.2) is 64.9 Å². The highest BCUT2D eigenvalue weighted by atomic mass is 16.5. The van der Waals surface area contributed by atoms with Crippen molar-refractivity contribution in [3.8, 4) is 0 Å². The molecule has 1 heterocycles. The third kappa shape index (κ3) is 6.26. The highest BCUT2D eigenvalue weighted by molar-refractivity contribution is 6.22. The third-order valence-electron chi connectivity index (χ3n) is 4.42. The zero-order valence-corrected chi connectivity index (χ0v) is 17.3. The van der Waals surface area contributed by atoms with Gasteiger partial charge in [-0.3, -0.25) is 19.8 Å². The molecule has 0 bridgehead atoms. The molecule has 1 aliphatic rings. The highest BCUT2D eigenvalue weighted by Crippen LogP contribution is 2.33. The van der Waals surface area contributed by atoms with E-state index in [4.69, 9.17) is 14.6 Å². The molecule has 1 aliphatic heterocycles. The van der Waals surface area contributed by atoms with Gasteiger partial charge in [0.2, 0.25) is 5.91 Å². The molecule has 10 nitrogen and oxygen atoms in total. The van der Waals surface area contributed by atoms with Gasteiger partial charge in [-0.1, -0.05) is 51.1 Å². The summed E-state index contributed by atoms with van der Waals surface area (Å²) < 4.78 is 5.37. The van der Waals surface area contributed by atoms with E-state index in [1.54, 1.807) is 37.3 Å². The van der Waals surface area contributed by atoms with Crippen molar-refractivity contribution in [2.45, 2.75) is 38.7 Å². The quantitative estimate of drug-likeness (QED) is 0.455. The van der Waals surface area contributed by atoms with Crippen LogP contribution in [0.2, 0.25) is 0 Å². The molecule has 2 atom stereocenters. The lowest BCUT2D eigenvalue weighted by Gasteiger charge is -2.39. The van der Waals surface area contributed by atoms with E-state index in [0.29, 0.717) is 18.1 Å². The van der Waals surface area contributed by atoms with Gasteiger partial charge in [0.25, 0.3) is 5.91 Å². The fraction of sp³-hybridized carbons (Fsp3) is 0.500. The summed E-state index contributed by atoms with van der Waals surface area (Å²) in [6, 6.07) is 7.83. The molecule has 0 radical (unpaired) electrons. The van der Waals surface area contributed by atoms with Crippen LogP contribution >= 0.6 is 0 Å². The first-order chi connectivity index (χ1) is 14.1. The number of carbonyl (C=O) groups is 4. The number of benzene rings is 1. The molecule has 5 amide bonds. The Bertz CT molecular complexity index is 750. The van der Waals surface area contributed by atoms with Crippen molar-refractivity contribution in [1.29, 1.82) is 0 Å². The van der Waals surface area contributed by atoms with Gasteiger partial charge in [-0.15, -0.1) is 0 Å². The molecule has 2 unspecified atom stereocenters. The standard InChI is InChI=1S/C19H26N2O5.CH3NO2/c1-4-19(14-8-6-5-7-9-14)16(23)20-18(25)21(17(19)24)10-15(22)12-26-11-13(2)3;2-1(3)4/h5-9,13,15,22H,4,10-12H2,1-3H3,(H,20,23,25);2H2,(H,3,4). The number of carbonyl (C=O) groups excluding carboxylic acids is 3. The Morgan fingerprint density at radius 3 is 2.27 bits per heavy atom. The number of rotatable bonds is 8. The minimum absolute atomic E-state index is 0.00759.